The maximum absolute atomic E-state index is 4.55. The number of benzene rings is 6. The number of aromatic nitrogens is 2. The number of pyridine rings is 1. The smallest absolute Gasteiger partial charge is 0.0640 e. The summed E-state index contributed by atoms with van der Waals surface area (Å²) in [5, 5.41) is 12.8. The van der Waals surface area contributed by atoms with Gasteiger partial charge in [0.2, 0.25) is 0 Å². The van der Waals surface area contributed by atoms with Gasteiger partial charge in [0.15, 0.2) is 0 Å². The van der Waals surface area contributed by atoms with E-state index in [9.17, 15) is 0 Å². The number of nitrogens with zero attached hydrogens (tertiary/aromatic N) is 2. The highest BCUT2D eigenvalue weighted by molar-refractivity contribution is 7.27. The molecule has 9 aromatic rings. The summed E-state index contributed by atoms with van der Waals surface area (Å²) < 4.78 is 5.10. The standard InChI is InChI=1S/C35H20N2S/c1-2-8-24-21(7-1)13-14-22-15-16-23(19-28(22)24)37-30-11-5-3-9-26(30)32-25-17-18-36-20-29(25)35-33(34(32)37)27-10-4-6-12-31(27)38-35/h1-20H. The number of fused-ring (bicyclic) bond motifs is 13. The quantitative estimate of drug-likeness (QED) is 0.205. The van der Waals surface area contributed by atoms with Gasteiger partial charge >= 0.3 is 0 Å². The molecule has 0 aliphatic heterocycles. The average molecular weight is 501 g/mol. The molecule has 0 atom stereocenters. The maximum Gasteiger partial charge on any atom is 0.0640 e. The lowest BCUT2D eigenvalue weighted by Crippen LogP contribution is -1.95. The Hall–Kier alpha value is -4.73. The van der Waals surface area contributed by atoms with E-state index in [0.29, 0.717) is 0 Å². The minimum Gasteiger partial charge on any atom is -0.309 e. The van der Waals surface area contributed by atoms with Crippen molar-refractivity contribution < 1.29 is 0 Å². The summed E-state index contributed by atoms with van der Waals surface area (Å²) in [5.74, 6) is 0. The third-order valence-corrected chi connectivity index (χ3v) is 9.23. The number of thiophene rings is 1. The summed E-state index contributed by atoms with van der Waals surface area (Å²) in [6.07, 6.45) is 3.97. The van der Waals surface area contributed by atoms with Gasteiger partial charge < -0.3 is 4.57 Å². The van der Waals surface area contributed by atoms with Crippen molar-refractivity contribution in [2.45, 2.75) is 0 Å². The van der Waals surface area contributed by atoms with E-state index in [1.54, 1.807) is 0 Å². The van der Waals surface area contributed by atoms with Gasteiger partial charge in [-0.3, -0.25) is 4.98 Å². The summed E-state index contributed by atoms with van der Waals surface area (Å²) >= 11 is 1.87. The van der Waals surface area contributed by atoms with Crippen LogP contribution in [0.25, 0.3) is 80.0 Å². The largest absolute Gasteiger partial charge is 0.309 e. The van der Waals surface area contributed by atoms with E-state index in [1.165, 1.54) is 80.0 Å². The zero-order valence-electron chi connectivity index (χ0n) is 20.3. The van der Waals surface area contributed by atoms with Gasteiger partial charge in [0.05, 0.1) is 11.0 Å². The monoisotopic (exact) mass is 500 g/mol. The molecule has 0 aliphatic carbocycles. The van der Waals surface area contributed by atoms with Gasteiger partial charge in [0.1, 0.15) is 0 Å². The Balaban J connectivity index is 1.56. The molecule has 3 aromatic heterocycles. The normalized spacial score (nSPS) is 12.2. The molecule has 38 heavy (non-hydrogen) atoms. The number of hydrogen-bond acceptors (Lipinski definition) is 2. The van der Waals surface area contributed by atoms with Crippen molar-refractivity contribution in [2.24, 2.45) is 0 Å². The van der Waals surface area contributed by atoms with Gasteiger partial charge in [-0.05, 0) is 57.3 Å². The van der Waals surface area contributed by atoms with Gasteiger partial charge in [-0.1, -0.05) is 78.9 Å². The van der Waals surface area contributed by atoms with Crippen molar-refractivity contribution in [3.8, 4) is 5.69 Å². The second kappa shape index (κ2) is 7.41. The molecule has 0 spiro atoms. The van der Waals surface area contributed by atoms with Crippen LogP contribution in [-0.2, 0) is 0 Å². The molecule has 2 nitrogen and oxygen atoms in total. The van der Waals surface area contributed by atoms with E-state index in [0.717, 1.165) is 0 Å². The lowest BCUT2D eigenvalue weighted by atomic mass is 10.0. The Labute approximate surface area is 222 Å². The molecule has 3 heteroatoms. The second-order valence-electron chi connectivity index (χ2n) is 9.99. The van der Waals surface area contributed by atoms with Crippen LogP contribution in [0.15, 0.2) is 122 Å². The Morgan fingerprint density at radius 1 is 0.553 bits per heavy atom. The van der Waals surface area contributed by atoms with E-state index in [2.05, 4.69) is 119 Å². The zero-order valence-corrected chi connectivity index (χ0v) is 21.2. The molecule has 0 saturated heterocycles. The Morgan fingerprint density at radius 2 is 1.29 bits per heavy atom. The average Bonchev–Trinajstić information content (AvgIpc) is 3.53. The molecule has 0 aliphatic rings. The Bertz CT molecular complexity index is 2410. The molecule has 0 N–H and O–H groups in total. The van der Waals surface area contributed by atoms with Crippen LogP contribution in [0, 0.1) is 0 Å². The number of hydrogen-bond donors (Lipinski definition) is 0. The molecule has 9 rings (SSSR count). The van der Waals surface area contributed by atoms with Crippen molar-refractivity contribution in [3.63, 3.8) is 0 Å². The van der Waals surface area contributed by atoms with E-state index in [-0.39, 0.29) is 0 Å². The first-order valence-electron chi connectivity index (χ1n) is 12.9. The summed E-state index contributed by atoms with van der Waals surface area (Å²) in [4.78, 5) is 4.55. The molecule has 0 bridgehead atoms. The molecule has 3 heterocycles. The molecule has 0 saturated carbocycles. The van der Waals surface area contributed by atoms with Crippen LogP contribution in [-0.4, -0.2) is 9.55 Å². The zero-order chi connectivity index (χ0) is 24.8. The molecule has 0 radical (unpaired) electrons. The van der Waals surface area contributed by atoms with Crippen molar-refractivity contribution >= 4 is 85.6 Å². The van der Waals surface area contributed by atoms with Crippen LogP contribution in [0.4, 0.5) is 0 Å². The number of para-hydroxylation sites is 1. The van der Waals surface area contributed by atoms with E-state index in [4.69, 9.17) is 0 Å². The minimum atomic E-state index is 1.19. The molecule has 0 unspecified atom stereocenters. The lowest BCUT2D eigenvalue weighted by molar-refractivity contribution is 1.19. The number of rotatable bonds is 1. The molecule has 176 valence electrons. The van der Waals surface area contributed by atoms with Crippen LogP contribution >= 0.6 is 11.3 Å². The Kier molecular flexibility index (Phi) is 3.96. The van der Waals surface area contributed by atoms with Crippen LogP contribution in [0.2, 0.25) is 0 Å². The van der Waals surface area contributed by atoms with E-state index in [1.807, 2.05) is 23.7 Å². The minimum absolute atomic E-state index is 1.19. The van der Waals surface area contributed by atoms with Crippen LogP contribution < -0.4 is 0 Å². The SMILES string of the molecule is c1ccc2c(c1)ccc1ccc(-n3c4ccccc4c4c5ccncc5c5sc6ccccc6c5c43)cc12. The molecular weight excluding hydrogens is 480 g/mol. The fraction of sp³-hybridized carbons (Fsp3) is 0. The first-order chi connectivity index (χ1) is 18.9. The summed E-state index contributed by atoms with van der Waals surface area (Å²) in [7, 11) is 0. The maximum atomic E-state index is 4.55. The van der Waals surface area contributed by atoms with Gasteiger partial charge in [0, 0.05) is 54.4 Å². The highest BCUT2D eigenvalue weighted by atomic mass is 32.1. The van der Waals surface area contributed by atoms with Gasteiger partial charge in [-0.15, -0.1) is 11.3 Å². The Morgan fingerprint density at radius 3 is 2.21 bits per heavy atom. The summed E-state index contributed by atoms with van der Waals surface area (Å²) in [6.45, 7) is 0. The first-order valence-corrected chi connectivity index (χ1v) is 13.7. The fourth-order valence-electron chi connectivity index (χ4n) is 6.41. The molecule has 6 aromatic carbocycles. The van der Waals surface area contributed by atoms with Crippen molar-refractivity contribution in [2.75, 3.05) is 0 Å². The third-order valence-electron chi connectivity index (χ3n) is 8.03. The first kappa shape index (κ1) is 20.3. The molecular formula is C35H20N2S. The van der Waals surface area contributed by atoms with Crippen molar-refractivity contribution in [1.29, 1.82) is 0 Å². The van der Waals surface area contributed by atoms with Crippen molar-refractivity contribution in [3.05, 3.63) is 122 Å². The highest BCUT2D eigenvalue weighted by Crippen LogP contribution is 2.47. The van der Waals surface area contributed by atoms with E-state index >= 15 is 0 Å². The predicted molar refractivity (Wildman–Crippen MR) is 164 cm³/mol. The van der Waals surface area contributed by atoms with Gasteiger partial charge in [0.25, 0.3) is 0 Å². The van der Waals surface area contributed by atoms with Crippen LogP contribution in [0.5, 0.6) is 0 Å². The molecule has 0 fully saturated rings. The van der Waals surface area contributed by atoms with Gasteiger partial charge in [-0.25, -0.2) is 0 Å². The summed E-state index contributed by atoms with van der Waals surface area (Å²) in [6, 6.07) is 39.9. The third kappa shape index (κ3) is 2.59. The van der Waals surface area contributed by atoms with E-state index < -0.39 is 0 Å². The molecule has 0 amide bonds. The fourth-order valence-corrected chi connectivity index (χ4v) is 7.64. The predicted octanol–water partition coefficient (Wildman–Crippen LogP) is 10.0. The van der Waals surface area contributed by atoms with Crippen molar-refractivity contribution in [1.82, 2.24) is 9.55 Å². The second-order valence-corrected chi connectivity index (χ2v) is 11.0. The van der Waals surface area contributed by atoms with Crippen LogP contribution in [0.3, 0.4) is 0 Å². The van der Waals surface area contributed by atoms with Crippen LogP contribution in [0.1, 0.15) is 0 Å². The highest BCUT2D eigenvalue weighted by Gasteiger charge is 2.21. The topological polar surface area (TPSA) is 17.8 Å². The summed E-state index contributed by atoms with van der Waals surface area (Å²) in [5.41, 5.74) is 3.69. The van der Waals surface area contributed by atoms with Gasteiger partial charge in [-0.2, -0.15) is 0 Å². The lowest BCUT2D eigenvalue weighted by Gasteiger charge is -2.12.